The first-order chi connectivity index (χ1) is 16.4. The van der Waals surface area contributed by atoms with Crippen LogP contribution in [0.4, 0.5) is 11.4 Å². The Morgan fingerprint density at radius 3 is 2.38 bits per heavy atom. The zero-order valence-electron chi connectivity index (χ0n) is 19.1. The van der Waals surface area contributed by atoms with Crippen LogP contribution in [0.3, 0.4) is 0 Å². The molecule has 0 unspecified atom stereocenters. The SMILES string of the molecule is CCn1cc(Cn2cc(NC(=O)c3nn(C45CC6CC(CC(C6)C4)C5)cc3[N+](=O)[O-])cn2)cn1. The second kappa shape index (κ2) is 7.78. The number of carbonyl (C=O) groups is 1. The van der Waals surface area contributed by atoms with Crippen LogP contribution in [-0.4, -0.2) is 40.2 Å². The number of rotatable bonds is 7. The van der Waals surface area contributed by atoms with E-state index < -0.39 is 10.8 Å². The van der Waals surface area contributed by atoms with Crippen LogP contribution in [0, 0.1) is 27.9 Å². The second-order valence-corrected chi connectivity index (χ2v) is 10.3. The minimum atomic E-state index is -0.589. The maximum atomic E-state index is 13.0. The number of aromatic nitrogens is 6. The summed E-state index contributed by atoms with van der Waals surface area (Å²) in [6.45, 7) is 3.31. The molecule has 7 rings (SSSR count). The predicted molar refractivity (Wildman–Crippen MR) is 122 cm³/mol. The Kier molecular flexibility index (Phi) is 4.82. The fraction of sp³-hybridized carbons (Fsp3) is 0.565. The molecular weight excluding hydrogens is 436 g/mol. The molecule has 3 aromatic rings. The predicted octanol–water partition coefficient (Wildman–Crippen LogP) is 3.43. The number of nitro groups is 1. The third-order valence-electron chi connectivity index (χ3n) is 7.85. The van der Waals surface area contributed by atoms with E-state index >= 15 is 0 Å². The highest BCUT2D eigenvalue weighted by Crippen LogP contribution is 2.58. The van der Waals surface area contributed by atoms with E-state index in [2.05, 4.69) is 20.6 Å². The molecule has 4 fully saturated rings. The van der Waals surface area contributed by atoms with E-state index in [-0.39, 0.29) is 16.9 Å². The number of hydrogen-bond donors (Lipinski definition) is 1. The first kappa shape index (κ1) is 21.1. The van der Waals surface area contributed by atoms with Crippen molar-refractivity contribution >= 4 is 17.3 Å². The number of aryl methyl sites for hydroxylation is 1. The first-order valence-corrected chi connectivity index (χ1v) is 12.0. The summed E-state index contributed by atoms with van der Waals surface area (Å²) in [5.74, 6) is 1.42. The molecule has 0 radical (unpaired) electrons. The molecule has 4 aliphatic carbocycles. The van der Waals surface area contributed by atoms with Gasteiger partial charge in [-0.25, -0.2) is 0 Å². The van der Waals surface area contributed by atoms with Crippen molar-refractivity contribution in [2.75, 3.05) is 5.32 Å². The molecule has 0 spiro atoms. The van der Waals surface area contributed by atoms with E-state index in [1.807, 2.05) is 17.8 Å². The smallest absolute Gasteiger partial charge is 0.318 e. The van der Waals surface area contributed by atoms with Crippen LogP contribution in [-0.2, 0) is 18.6 Å². The van der Waals surface area contributed by atoms with Crippen LogP contribution in [0.1, 0.15) is 61.5 Å². The van der Waals surface area contributed by atoms with Crippen LogP contribution >= 0.6 is 0 Å². The molecule has 34 heavy (non-hydrogen) atoms. The van der Waals surface area contributed by atoms with E-state index in [1.165, 1.54) is 31.7 Å². The van der Waals surface area contributed by atoms with Crippen molar-refractivity contribution in [1.82, 2.24) is 29.3 Å². The van der Waals surface area contributed by atoms with Crippen molar-refractivity contribution in [2.45, 2.75) is 64.1 Å². The summed E-state index contributed by atoms with van der Waals surface area (Å²) >= 11 is 0. The summed E-state index contributed by atoms with van der Waals surface area (Å²) in [7, 11) is 0. The van der Waals surface area contributed by atoms with Gasteiger partial charge in [0.15, 0.2) is 0 Å². The average Bonchev–Trinajstić information content (AvgIpc) is 3.53. The van der Waals surface area contributed by atoms with Crippen LogP contribution in [0.25, 0.3) is 0 Å². The van der Waals surface area contributed by atoms with Gasteiger partial charge in [0.2, 0.25) is 5.69 Å². The van der Waals surface area contributed by atoms with Gasteiger partial charge in [-0.05, 0) is 63.2 Å². The second-order valence-electron chi connectivity index (χ2n) is 10.3. The zero-order valence-corrected chi connectivity index (χ0v) is 19.1. The summed E-state index contributed by atoms with van der Waals surface area (Å²) in [5, 5.41) is 27.6. The number of nitrogens with zero attached hydrogens (tertiary/aromatic N) is 7. The Balaban J connectivity index is 1.22. The summed E-state index contributed by atoms with van der Waals surface area (Å²) in [6, 6.07) is 0. The molecule has 3 aromatic heterocycles. The number of nitrogens with one attached hydrogen (secondary N) is 1. The topological polar surface area (TPSA) is 126 Å². The zero-order chi connectivity index (χ0) is 23.4. The molecule has 0 atom stereocenters. The van der Waals surface area contributed by atoms with Crippen molar-refractivity contribution in [3.8, 4) is 0 Å². The minimum Gasteiger partial charge on any atom is -0.318 e. The largest absolute Gasteiger partial charge is 0.320 e. The van der Waals surface area contributed by atoms with Gasteiger partial charge in [-0.1, -0.05) is 0 Å². The molecule has 4 bridgehead atoms. The third kappa shape index (κ3) is 3.59. The Morgan fingerprint density at radius 2 is 1.76 bits per heavy atom. The highest BCUT2D eigenvalue weighted by atomic mass is 16.6. The van der Waals surface area contributed by atoms with Crippen molar-refractivity contribution in [2.24, 2.45) is 17.8 Å². The summed E-state index contributed by atoms with van der Waals surface area (Å²) in [5.41, 5.74) is 0.885. The van der Waals surface area contributed by atoms with Crippen LogP contribution in [0.5, 0.6) is 0 Å². The molecule has 11 heteroatoms. The lowest BCUT2D eigenvalue weighted by molar-refractivity contribution is -0.385. The lowest BCUT2D eigenvalue weighted by atomic mass is 9.53. The summed E-state index contributed by atoms with van der Waals surface area (Å²) in [6.07, 6.45) is 15.2. The van der Waals surface area contributed by atoms with E-state index in [9.17, 15) is 14.9 Å². The van der Waals surface area contributed by atoms with Gasteiger partial charge in [-0.3, -0.25) is 29.0 Å². The highest BCUT2D eigenvalue weighted by molar-refractivity contribution is 6.05. The van der Waals surface area contributed by atoms with Gasteiger partial charge in [-0.2, -0.15) is 15.3 Å². The summed E-state index contributed by atoms with van der Waals surface area (Å²) in [4.78, 5) is 24.3. The molecule has 0 saturated heterocycles. The van der Waals surface area contributed by atoms with Crippen molar-refractivity contribution in [3.63, 3.8) is 0 Å². The Hall–Kier alpha value is -3.50. The molecule has 4 aliphatic rings. The normalized spacial score (nSPS) is 27.3. The maximum Gasteiger partial charge on any atom is 0.320 e. The Morgan fingerprint density at radius 1 is 1.09 bits per heavy atom. The Bertz CT molecular complexity index is 1220. The quantitative estimate of drug-likeness (QED) is 0.422. The van der Waals surface area contributed by atoms with E-state index in [4.69, 9.17) is 0 Å². The molecule has 11 nitrogen and oxygen atoms in total. The van der Waals surface area contributed by atoms with Crippen molar-refractivity contribution < 1.29 is 9.72 Å². The van der Waals surface area contributed by atoms with E-state index in [0.717, 1.165) is 31.4 Å². The number of carbonyl (C=O) groups excluding carboxylic acids is 1. The van der Waals surface area contributed by atoms with Crippen LogP contribution in [0.2, 0.25) is 0 Å². The lowest BCUT2D eigenvalue weighted by Crippen LogP contribution is -2.52. The molecule has 0 aliphatic heterocycles. The monoisotopic (exact) mass is 464 g/mol. The molecule has 178 valence electrons. The van der Waals surface area contributed by atoms with Crippen molar-refractivity contribution in [1.29, 1.82) is 0 Å². The number of amides is 1. The fourth-order valence-corrected chi connectivity index (χ4v) is 6.80. The van der Waals surface area contributed by atoms with E-state index in [1.54, 1.807) is 21.8 Å². The molecular formula is C23H28N8O3. The lowest BCUT2D eigenvalue weighted by Gasteiger charge is -2.56. The maximum absolute atomic E-state index is 13.0. The van der Waals surface area contributed by atoms with Gasteiger partial charge >= 0.3 is 5.69 Å². The summed E-state index contributed by atoms with van der Waals surface area (Å²) < 4.78 is 5.29. The van der Waals surface area contributed by atoms with Gasteiger partial charge in [0, 0.05) is 24.5 Å². The molecule has 1 N–H and O–H groups in total. The van der Waals surface area contributed by atoms with Gasteiger partial charge in [0.1, 0.15) is 6.20 Å². The molecule has 3 heterocycles. The van der Waals surface area contributed by atoms with Crippen LogP contribution < -0.4 is 5.32 Å². The van der Waals surface area contributed by atoms with Gasteiger partial charge < -0.3 is 5.32 Å². The molecule has 0 aromatic carbocycles. The minimum absolute atomic E-state index is 0.141. The Labute approximate surface area is 196 Å². The standard InChI is InChI=1S/C23H28N8O3/c1-2-28-11-18(9-24-28)12-29-13-19(10-25-29)26-22(32)21-20(31(33)34)14-30(27-21)23-6-15-3-16(7-23)5-17(4-15)8-23/h9-11,13-17H,2-8,12H2,1H3,(H,26,32). The van der Waals surface area contributed by atoms with E-state index in [0.29, 0.717) is 30.0 Å². The van der Waals surface area contributed by atoms with Gasteiger partial charge in [0.25, 0.3) is 5.91 Å². The first-order valence-electron chi connectivity index (χ1n) is 12.0. The number of hydrogen-bond acceptors (Lipinski definition) is 6. The highest BCUT2D eigenvalue weighted by Gasteiger charge is 2.53. The molecule has 1 amide bonds. The van der Waals surface area contributed by atoms with Gasteiger partial charge in [-0.15, -0.1) is 0 Å². The molecule has 4 saturated carbocycles. The van der Waals surface area contributed by atoms with Crippen LogP contribution in [0.15, 0.2) is 31.0 Å². The number of anilines is 1. The van der Waals surface area contributed by atoms with Gasteiger partial charge in [0.05, 0.1) is 35.1 Å². The third-order valence-corrected chi connectivity index (χ3v) is 7.85. The fourth-order valence-electron chi connectivity index (χ4n) is 6.80. The van der Waals surface area contributed by atoms with Crippen molar-refractivity contribution in [3.05, 3.63) is 52.4 Å². The average molecular weight is 465 g/mol.